The molecule has 8 heteroatoms. The van der Waals surface area contributed by atoms with Gasteiger partial charge >= 0.3 is 6.80 Å². The Morgan fingerprint density at radius 1 is 1.47 bits per heavy atom. The van der Waals surface area contributed by atoms with Crippen molar-refractivity contribution < 1.29 is 18.9 Å². The Morgan fingerprint density at radius 3 is 2.40 bits per heavy atom. The zero-order chi connectivity index (χ0) is 11.5. The maximum absolute atomic E-state index is 11.1. The molecule has 1 atom stereocenters. The van der Waals surface area contributed by atoms with Gasteiger partial charge in [0, 0.05) is 24.1 Å². The third-order valence-electron chi connectivity index (χ3n) is 1.50. The van der Waals surface area contributed by atoms with E-state index in [9.17, 15) is 14.7 Å². The Bertz CT molecular complexity index is 406. The highest BCUT2D eigenvalue weighted by atomic mass is 32.7. The van der Waals surface area contributed by atoms with Crippen LogP contribution in [0, 0.1) is 10.1 Å². The summed E-state index contributed by atoms with van der Waals surface area (Å²) < 4.78 is 15.5. The zero-order valence-electron chi connectivity index (χ0n) is 7.69. The van der Waals surface area contributed by atoms with Crippen LogP contribution in [0.1, 0.15) is 0 Å². The lowest BCUT2D eigenvalue weighted by Crippen LogP contribution is -1.86. The Balaban J connectivity index is 2.82. The van der Waals surface area contributed by atoms with Gasteiger partial charge in [-0.3, -0.25) is 10.1 Å². The van der Waals surface area contributed by atoms with Crippen molar-refractivity contribution in [1.29, 1.82) is 0 Å². The molecule has 0 aliphatic heterocycles. The molecule has 0 saturated heterocycles. The molecule has 0 spiro atoms. The van der Waals surface area contributed by atoms with Crippen molar-refractivity contribution >= 4 is 23.9 Å². The standard InChI is InChI=1S/C7H8NO5PS/c1-13-14(11,12)15-7-4-2-6(3-5-7)8(9)10/h2-5H,1H3,(H,11,12). The predicted molar refractivity (Wildman–Crippen MR) is 55.8 cm³/mol. The van der Waals surface area contributed by atoms with Crippen molar-refractivity contribution in [3.05, 3.63) is 34.4 Å². The van der Waals surface area contributed by atoms with Crippen molar-refractivity contribution in [3.8, 4) is 0 Å². The van der Waals surface area contributed by atoms with E-state index < -0.39 is 11.7 Å². The van der Waals surface area contributed by atoms with Crippen molar-refractivity contribution in [3.63, 3.8) is 0 Å². The monoisotopic (exact) mass is 249 g/mol. The first-order valence-corrected chi connectivity index (χ1v) is 6.77. The van der Waals surface area contributed by atoms with Gasteiger partial charge in [0.2, 0.25) is 0 Å². The van der Waals surface area contributed by atoms with Crippen molar-refractivity contribution in [2.24, 2.45) is 0 Å². The first-order valence-electron chi connectivity index (χ1n) is 3.77. The molecule has 0 aliphatic rings. The number of hydrogen-bond acceptors (Lipinski definition) is 5. The minimum absolute atomic E-state index is 0.0652. The molecule has 15 heavy (non-hydrogen) atoms. The van der Waals surface area contributed by atoms with Crippen LogP contribution < -0.4 is 0 Å². The van der Waals surface area contributed by atoms with E-state index in [2.05, 4.69) is 4.52 Å². The molecule has 0 amide bonds. The van der Waals surface area contributed by atoms with E-state index in [0.29, 0.717) is 16.3 Å². The van der Waals surface area contributed by atoms with Gasteiger partial charge < -0.3 is 9.42 Å². The summed E-state index contributed by atoms with van der Waals surface area (Å²) in [5.74, 6) is 0. The number of rotatable bonds is 4. The van der Waals surface area contributed by atoms with E-state index in [-0.39, 0.29) is 5.69 Å². The van der Waals surface area contributed by atoms with Crippen LogP contribution in [0.3, 0.4) is 0 Å². The van der Waals surface area contributed by atoms with Crippen LogP contribution in [0.4, 0.5) is 5.69 Å². The van der Waals surface area contributed by atoms with Crippen molar-refractivity contribution in [2.45, 2.75) is 4.90 Å². The number of non-ortho nitro benzene ring substituents is 1. The molecule has 1 aromatic rings. The molecule has 0 aliphatic carbocycles. The van der Waals surface area contributed by atoms with Gasteiger partial charge in [0.1, 0.15) is 0 Å². The minimum atomic E-state index is -3.69. The highest BCUT2D eigenvalue weighted by Crippen LogP contribution is 2.58. The molecule has 0 saturated carbocycles. The summed E-state index contributed by atoms with van der Waals surface area (Å²) in [5.41, 5.74) is -0.0652. The van der Waals surface area contributed by atoms with E-state index in [1.165, 1.54) is 24.3 Å². The summed E-state index contributed by atoms with van der Waals surface area (Å²) >= 11 is 0.633. The fourth-order valence-corrected chi connectivity index (χ4v) is 2.79. The lowest BCUT2D eigenvalue weighted by molar-refractivity contribution is -0.384. The van der Waals surface area contributed by atoms with Crippen LogP contribution in [-0.2, 0) is 9.09 Å². The Kier molecular flexibility index (Phi) is 3.87. The maximum atomic E-state index is 11.1. The van der Waals surface area contributed by atoms with Gasteiger partial charge in [-0.2, -0.15) is 0 Å². The smallest absolute Gasteiger partial charge is 0.316 e. The van der Waals surface area contributed by atoms with Gasteiger partial charge in [-0.15, -0.1) is 0 Å². The fourth-order valence-electron chi connectivity index (χ4n) is 0.799. The summed E-state index contributed by atoms with van der Waals surface area (Å²) in [6, 6.07) is 5.31. The normalized spacial score (nSPS) is 14.5. The van der Waals surface area contributed by atoms with Gasteiger partial charge in [0.15, 0.2) is 0 Å². The van der Waals surface area contributed by atoms with E-state index in [0.717, 1.165) is 7.11 Å². The summed E-state index contributed by atoms with van der Waals surface area (Å²) in [4.78, 5) is 19.3. The van der Waals surface area contributed by atoms with Crippen LogP contribution in [0.25, 0.3) is 0 Å². The number of nitro groups is 1. The fraction of sp³-hybridized carbons (Fsp3) is 0.143. The molecule has 1 rings (SSSR count). The lowest BCUT2D eigenvalue weighted by Gasteiger charge is -2.06. The summed E-state index contributed by atoms with van der Waals surface area (Å²) in [6.45, 7) is -3.69. The molecule has 1 aromatic carbocycles. The van der Waals surface area contributed by atoms with Gasteiger partial charge in [0.05, 0.1) is 4.92 Å². The molecule has 0 aromatic heterocycles. The number of nitrogens with zero attached hydrogens (tertiary/aromatic N) is 1. The van der Waals surface area contributed by atoms with Crippen molar-refractivity contribution in [1.82, 2.24) is 0 Å². The van der Waals surface area contributed by atoms with Crippen molar-refractivity contribution in [2.75, 3.05) is 7.11 Å². The predicted octanol–water partition coefficient (Wildman–Crippen LogP) is 2.43. The van der Waals surface area contributed by atoms with E-state index in [4.69, 9.17) is 4.89 Å². The van der Waals surface area contributed by atoms with Crippen LogP contribution >= 0.6 is 18.2 Å². The molecule has 1 unspecified atom stereocenters. The van der Waals surface area contributed by atoms with Crippen LogP contribution in [0.2, 0.25) is 0 Å². The average Bonchev–Trinajstić information content (AvgIpc) is 2.18. The maximum Gasteiger partial charge on any atom is 0.391 e. The third kappa shape index (κ3) is 3.64. The Morgan fingerprint density at radius 2 is 2.00 bits per heavy atom. The van der Waals surface area contributed by atoms with Gasteiger partial charge in [-0.05, 0) is 23.5 Å². The van der Waals surface area contributed by atoms with Crippen LogP contribution in [0.5, 0.6) is 0 Å². The topological polar surface area (TPSA) is 89.7 Å². The molecular weight excluding hydrogens is 241 g/mol. The second-order valence-corrected chi connectivity index (χ2v) is 6.38. The van der Waals surface area contributed by atoms with Gasteiger partial charge in [-0.25, -0.2) is 4.57 Å². The molecule has 0 heterocycles. The van der Waals surface area contributed by atoms with Gasteiger partial charge in [-0.1, -0.05) is 0 Å². The highest BCUT2D eigenvalue weighted by molar-refractivity contribution is 8.54. The summed E-state index contributed by atoms with van der Waals surface area (Å²) in [7, 11) is 1.12. The number of benzene rings is 1. The molecule has 0 fully saturated rings. The molecule has 82 valence electrons. The molecule has 6 nitrogen and oxygen atoms in total. The largest absolute Gasteiger partial charge is 0.391 e. The van der Waals surface area contributed by atoms with E-state index >= 15 is 0 Å². The number of nitro benzene ring substituents is 1. The molecular formula is C7H8NO5PS. The van der Waals surface area contributed by atoms with E-state index in [1.54, 1.807) is 0 Å². The molecule has 0 radical (unpaired) electrons. The Labute approximate surface area is 89.7 Å². The molecule has 1 N–H and O–H groups in total. The van der Waals surface area contributed by atoms with Gasteiger partial charge in [0.25, 0.3) is 5.69 Å². The SMILES string of the molecule is COP(=O)(O)Sc1ccc([N+](=O)[O-])cc1. The highest BCUT2D eigenvalue weighted by Gasteiger charge is 2.19. The average molecular weight is 249 g/mol. The van der Waals surface area contributed by atoms with Crippen LogP contribution in [0.15, 0.2) is 29.2 Å². The second kappa shape index (κ2) is 4.76. The van der Waals surface area contributed by atoms with E-state index in [1.807, 2.05) is 0 Å². The zero-order valence-corrected chi connectivity index (χ0v) is 9.40. The summed E-state index contributed by atoms with van der Waals surface area (Å²) in [5, 5.41) is 10.3. The Hall–Kier alpha value is -0.880. The molecule has 0 bridgehead atoms. The third-order valence-corrected chi connectivity index (χ3v) is 4.45. The number of hydrogen-bond donors (Lipinski definition) is 1. The summed E-state index contributed by atoms with van der Waals surface area (Å²) in [6.07, 6.45) is 0. The quantitative estimate of drug-likeness (QED) is 0.500. The first kappa shape index (κ1) is 12.2. The lowest BCUT2D eigenvalue weighted by atomic mass is 10.3. The second-order valence-electron chi connectivity index (χ2n) is 2.49. The first-order chi connectivity index (χ1) is 6.94. The van der Waals surface area contributed by atoms with Crippen LogP contribution in [-0.4, -0.2) is 16.9 Å². The minimum Gasteiger partial charge on any atom is -0.316 e.